The molecule has 2 nitrogen and oxygen atoms in total. The van der Waals surface area contributed by atoms with Gasteiger partial charge < -0.3 is 4.74 Å². The summed E-state index contributed by atoms with van der Waals surface area (Å²) in [5, 5.41) is 0. The lowest BCUT2D eigenvalue weighted by Crippen LogP contribution is -2.03. The lowest BCUT2D eigenvalue weighted by atomic mass is 10.1. The molecule has 3 heteroatoms. The predicted molar refractivity (Wildman–Crippen MR) is 63.1 cm³/mol. The molecule has 15 heavy (non-hydrogen) atoms. The highest BCUT2D eigenvalue weighted by Crippen LogP contribution is 2.08. The highest BCUT2D eigenvalue weighted by molar-refractivity contribution is 7.80. The summed E-state index contributed by atoms with van der Waals surface area (Å²) in [5.41, 5.74) is 1.21. The molecule has 0 N–H and O–H groups in total. The Kier molecular flexibility index (Phi) is 4.79. The smallest absolute Gasteiger partial charge is 0.339 e. The van der Waals surface area contributed by atoms with E-state index < -0.39 is 0 Å². The van der Waals surface area contributed by atoms with Gasteiger partial charge in [-0.3, -0.25) is 0 Å². The Bertz CT molecular complexity index is 402. The predicted octanol–water partition coefficient (Wildman–Crippen LogP) is 2.14. The number of carbonyl (C=O) groups excluding carboxylic acids is 1. The summed E-state index contributed by atoms with van der Waals surface area (Å²) < 4.78 is 4.66. The molecule has 0 aliphatic heterocycles. The Hall–Kier alpha value is -1.40. The van der Waals surface area contributed by atoms with Gasteiger partial charge in [0.05, 0.1) is 12.7 Å². The fourth-order valence-corrected chi connectivity index (χ4v) is 1.21. The SMILES string of the molecule is COC(=O)c1ccccc1C#CCCS. The van der Waals surface area contributed by atoms with Crippen LogP contribution in [0.5, 0.6) is 0 Å². The van der Waals surface area contributed by atoms with Gasteiger partial charge in [-0.2, -0.15) is 12.6 Å². The van der Waals surface area contributed by atoms with Gasteiger partial charge in [-0.05, 0) is 12.1 Å². The van der Waals surface area contributed by atoms with Crippen LogP contribution in [0.2, 0.25) is 0 Å². The van der Waals surface area contributed by atoms with Crippen LogP contribution in [0.3, 0.4) is 0 Å². The van der Waals surface area contributed by atoms with E-state index in [1.165, 1.54) is 7.11 Å². The van der Waals surface area contributed by atoms with Gasteiger partial charge in [-0.15, -0.1) is 0 Å². The lowest BCUT2D eigenvalue weighted by molar-refractivity contribution is 0.0600. The van der Waals surface area contributed by atoms with Gasteiger partial charge >= 0.3 is 5.97 Å². The fraction of sp³-hybridized carbons (Fsp3) is 0.250. The van der Waals surface area contributed by atoms with Crippen LogP contribution < -0.4 is 0 Å². The summed E-state index contributed by atoms with van der Waals surface area (Å²) in [5.74, 6) is 6.23. The lowest BCUT2D eigenvalue weighted by Gasteiger charge is -2.00. The molecular weight excluding hydrogens is 208 g/mol. The second-order valence-electron chi connectivity index (χ2n) is 2.81. The molecule has 78 valence electrons. The van der Waals surface area contributed by atoms with Gasteiger partial charge in [0.1, 0.15) is 0 Å². The Morgan fingerprint density at radius 1 is 1.47 bits per heavy atom. The number of esters is 1. The molecular formula is C12H12O2S. The molecule has 0 atom stereocenters. The molecule has 0 bridgehead atoms. The number of hydrogen-bond donors (Lipinski definition) is 1. The third-order valence-corrected chi connectivity index (χ3v) is 2.02. The van der Waals surface area contributed by atoms with E-state index in [1.807, 2.05) is 6.07 Å². The van der Waals surface area contributed by atoms with Gasteiger partial charge in [-0.25, -0.2) is 4.79 Å². The minimum Gasteiger partial charge on any atom is -0.465 e. The zero-order valence-corrected chi connectivity index (χ0v) is 9.38. The van der Waals surface area contributed by atoms with E-state index in [-0.39, 0.29) is 5.97 Å². The molecule has 0 amide bonds. The summed E-state index contributed by atoms with van der Waals surface area (Å²) in [6, 6.07) is 7.14. The first-order chi connectivity index (χ1) is 7.29. The Morgan fingerprint density at radius 3 is 2.87 bits per heavy atom. The number of methoxy groups -OCH3 is 1. The third kappa shape index (κ3) is 3.34. The van der Waals surface area contributed by atoms with Crippen molar-refractivity contribution in [1.29, 1.82) is 0 Å². The van der Waals surface area contributed by atoms with E-state index in [4.69, 9.17) is 0 Å². The van der Waals surface area contributed by atoms with Gasteiger partial charge in [-0.1, -0.05) is 24.0 Å². The van der Waals surface area contributed by atoms with Crippen LogP contribution in [0.1, 0.15) is 22.3 Å². The van der Waals surface area contributed by atoms with Crippen molar-refractivity contribution >= 4 is 18.6 Å². The summed E-state index contributed by atoms with van der Waals surface area (Å²) in [6.07, 6.45) is 0.707. The maximum atomic E-state index is 11.4. The number of thiol groups is 1. The van der Waals surface area contributed by atoms with Crippen LogP contribution in [0, 0.1) is 11.8 Å². The summed E-state index contributed by atoms with van der Waals surface area (Å²) in [4.78, 5) is 11.4. The summed E-state index contributed by atoms with van der Waals surface area (Å²) >= 11 is 4.06. The van der Waals surface area contributed by atoms with Gasteiger partial charge in [0.2, 0.25) is 0 Å². The Morgan fingerprint density at radius 2 is 2.20 bits per heavy atom. The van der Waals surface area contributed by atoms with E-state index in [9.17, 15) is 4.79 Å². The largest absolute Gasteiger partial charge is 0.465 e. The van der Waals surface area contributed by atoms with Crippen molar-refractivity contribution in [2.75, 3.05) is 12.9 Å². The molecule has 0 unspecified atom stereocenters. The molecule has 0 saturated heterocycles. The quantitative estimate of drug-likeness (QED) is 0.469. The average Bonchev–Trinajstić information content (AvgIpc) is 2.29. The molecule has 0 aliphatic rings. The van der Waals surface area contributed by atoms with Crippen LogP contribution >= 0.6 is 12.6 Å². The van der Waals surface area contributed by atoms with Crippen LogP contribution in [0.25, 0.3) is 0 Å². The zero-order chi connectivity index (χ0) is 11.1. The molecule has 1 aromatic carbocycles. The number of hydrogen-bond acceptors (Lipinski definition) is 3. The van der Waals surface area contributed by atoms with Crippen molar-refractivity contribution in [2.24, 2.45) is 0 Å². The van der Waals surface area contributed by atoms with Crippen LogP contribution in [-0.2, 0) is 4.74 Å². The van der Waals surface area contributed by atoms with Crippen LogP contribution in [0.4, 0.5) is 0 Å². The minimum atomic E-state index is -0.356. The summed E-state index contributed by atoms with van der Waals surface area (Å²) in [7, 11) is 1.36. The maximum Gasteiger partial charge on any atom is 0.339 e. The van der Waals surface area contributed by atoms with Crippen LogP contribution in [0.15, 0.2) is 24.3 Å². The van der Waals surface area contributed by atoms with E-state index in [1.54, 1.807) is 18.2 Å². The average molecular weight is 220 g/mol. The number of benzene rings is 1. The van der Waals surface area contributed by atoms with Crippen LogP contribution in [-0.4, -0.2) is 18.8 Å². The fourth-order valence-electron chi connectivity index (χ4n) is 1.09. The second-order valence-corrected chi connectivity index (χ2v) is 3.26. The first-order valence-corrected chi connectivity index (χ1v) is 5.20. The normalized spacial score (nSPS) is 8.93. The molecule has 0 spiro atoms. The molecule has 0 radical (unpaired) electrons. The molecule has 1 aromatic rings. The van der Waals surface area contributed by atoms with Gasteiger partial charge in [0, 0.05) is 17.7 Å². The number of ether oxygens (including phenoxy) is 1. The van der Waals surface area contributed by atoms with E-state index in [0.717, 1.165) is 0 Å². The molecule has 0 saturated carbocycles. The number of carbonyl (C=O) groups is 1. The van der Waals surface area contributed by atoms with Gasteiger partial charge in [0.15, 0.2) is 0 Å². The molecule has 1 rings (SSSR count). The molecule has 0 heterocycles. The second kappa shape index (κ2) is 6.15. The topological polar surface area (TPSA) is 26.3 Å². The summed E-state index contributed by atoms with van der Waals surface area (Å²) in [6.45, 7) is 0. The maximum absolute atomic E-state index is 11.4. The van der Waals surface area contributed by atoms with E-state index in [0.29, 0.717) is 23.3 Å². The highest BCUT2D eigenvalue weighted by atomic mass is 32.1. The zero-order valence-electron chi connectivity index (χ0n) is 8.49. The first kappa shape index (κ1) is 11.7. The molecule has 0 aromatic heterocycles. The van der Waals surface area contributed by atoms with E-state index in [2.05, 4.69) is 29.2 Å². The van der Waals surface area contributed by atoms with Crippen molar-refractivity contribution in [3.8, 4) is 11.8 Å². The first-order valence-electron chi connectivity index (χ1n) is 4.56. The van der Waals surface area contributed by atoms with Crippen molar-refractivity contribution in [3.05, 3.63) is 35.4 Å². The Labute approximate surface area is 95.1 Å². The molecule has 0 aliphatic carbocycles. The van der Waals surface area contributed by atoms with Crippen molar-refractivity contribution in [3.63, 3.8) is 0 Å². The van der Waals surface area contributed by atoms with Crippen molar-refractivity contribution in [1.82, 2.24) is 0 Å². The minimum absolute atomic E-state index is 0.356. The van der Waals surface area contributed by atoms with Gasteiger partial charge in [0.25, 0.3) is 0 Å². The standard InChI is InChI=1S/C12H12O2S/c1-14-12(13)11-8-3-2-6-10(11)7-4-5-9-15/h2-3,6,8,15H,5,9H2,1H3. The molecule has 0 fully saturated rings. The highest BCUT2D eigenvalue weighted by Gasteiger charge is 2.08. The van der Waals surface area contributed by atoms with E-state index >= 15 is 0 Å². The third-order valence-electron chi connectivity index (χ3n) is 1.79. The van der Waals surface area contributed by atoms with Crippen molar-refractivity contribution in [2.45, 2.75) is 6.42 Å². The monoisotopic (exact) mass is 220 g/mol. The number of rotatable bonds is 2. The Balaban J connectivity index is 2.98. The van der Waals surface area contributed by atoms with Crippen molar-refractivity contribution < 1.29 is 9.53 Å².